The van der Waals surface area contributed by atoms with Gasteiger partial charge in [-0.15, -0.1) is 0 Å². The Morgan fingerprint density at radius 2 is 2.00 bits per heavy atom. The van der Waals surface area contributed by atoms with Crippen LogP contribution < -0.4 is 16.0 Å². The molecule has 0 aliphatic carbocycles. The van der Waals surface area contributed by atoms with Crippen LogP contribution in [0.3, 0.4) is 0 Å². The van der Waals surface area contributed by atoms with Crippen LogP contribution in [0.4, 0.5) is 11.4 Å². The molecule has 0 saturated carbocycles. The molecule has 2 aromatic rings. The smallest absolute Gasteiger partial charge is 0.249 e. The Balaban J connectivity index is 1.74. The van der Waals surface area contributed by atoms with E-state index in [9.17, 15) is 9.59 Å². The number of primary amides is 1. The number of aryl methyl sites for hydroxylation is 3. The predicted molar refractivity (Wildman–Crippen MR) is 96.5 cm³/mol. The third-order valence-electron chi connectivity index (χ3n) is 4.40. The lowest BCUT2D eigenvalue weighted by Gasteiger charge is -2.22. The number of amides is 2. The zero-order valence-corrected chi connectivity index (χ0v) is 14.7. The van der Waals surface area contributed by atoms with Crippen molar-refractivity contribution in [3.8, 4) is 0 Å². The molecule has 1 unspecified atom stereocenters. The van der Waals surface area contributed by atoms with Crippen LogP contribution >= 0.6 is 0 Å². The highest BCUT2D eigenvalue weighted by Crippen LogP contribution is 2.30. The highest BCUT2D eigenvalue weighted by molar-refractivity contribution is 6.02. The van der Waals surface area contributed by atoms with E-state index >= 15 is 0 Å². The molecule has 1 aromatic carbocycles. The van der Waals surface area contributed by atoms with E-state index in [2.05, 4.69) is 29.5 Å². The Labute approximate surface area is 146 Å². The van der Waals surface area contributed by atoms with E-state index in [0.29, 0.717) is 18.7 Å². The van der Waals surface area contributed by atoms with Gasteiger partial charge in [0.25, 0.3) is 0 Å². The van der Waals surface area contributed by atoms with Crippen molar-refractivity contribution in [3.63, 3.8) is 0 Å². The molecule has 0 spiro atoms. The molecule has 1 aliphatic rings. The number of nitrogens with one attached hydrogen (secondary N) is 1. The molecule has 1 fully saturated rings. The number of anilines is 2. The maximum Gasteiger partial charge on any atom is 0.249 e. The van der Waals surface area contributed by atoms with Gasteiger partial charge in [0.05, 0.1) is 11.9 Å². The number of rotatable bonds is 5. The summed E-state index contributed by atoms with van der Waals surface area (Å²) in [6, 6.07) is 3.90. The highest BCUT2D eigenvalue weighted by atomic mass is 16.2. The molecule has 1 aliphatic heterocycles. The first kappa shape index (κ1) is 17.0. The van der Waals surface area contributed by atoms with Gasteiger partial charge in [-0.1, -0.05) is 17.7 Å². The van der Waals surface area contributed by atoms with Crippen LogP contribution in [0.2, 0.25) is 0 Å². The van der Waals surface area contributed by atoms with Crippen LogP contribution in [-0.4, -0.2) is 34.2 Å². The zero-order chi connectivity index (χ0) is 18.1. The number of hydrogen-bond donors (Lipinski definition) is 2. The summed E-state index contributed by atoms with van der Waals surface area (Å²) in [4.78, 5) is 25.6. The van der Waals surface area contributed by atoms with Gasteiger partial charge in [-0.25, -0.2) is 0 Å². The lowest BCUT2D eigenvalue weighted by Crippen LogP contribution is -2.34. The summed E-state index contributed by atoms with van der Waals surface area (Å²) in [5.41, 5.74) is 10.3. The third kappa shape index (κ3) is 3.50. The van der Waals surface area contributed by atoms with Crippen molar-refractivity contribution in [1.82, 2.24) is 9.78 Å². The predicted octanol–water partition coefficient (Wildman–Crippen LogP) is 1.51. The summed E-state index contributed by atoms with van der Waals surface area (Å²) in [6.45, 7) is 6.84. The summed E-state index contributed by atoms with van der Waals surface area (Å²) >= 11 is 0. The second-order valence-corrected chi connectivity index (χ2v) is 6.62. The molecule has 3 rings (SSSR count). The van der Waals surface area contributed by atoms with Crippen molar-refractivity contribution < 1.29 is 9.59 Å². The van der Waals surface area contributed by atoms with Gasteiger partial charge in [-0.3, -0.25) is 14.3 Å². The standard InChI is InChI=1S/C18H23N5O2/c1-11-6-12(2)17(13(3)7-11)23-5-4-15(18(23)25)21-14-8-20-22(9-14)10-16(19)24/h6-9,15,21H,4-5,10H2,1-3H3,(H2,19,24). The fourth-order valence-electron chi connectivity index (χ4n) is 3.52. The second kappa shape index (κ2) is 6.58. The average Bonchev–Trinajstić information content (AvgIpc) is 3.07. The minimum Gasteiger partial charge on any atom is -0.371 e. The number of benzene rings is 1. The normalized spacial score (nSPS) is 17.2. The maximum absolute atomic E-state index is 12.8. The quantitative estimate of drug-likeness (QED) is 0.862. The number of nitrogens with zero attached hydrogens (tertiary/aromatic N) is 3. The van der Waals surface area contributed by atoms with Crippen molar-refractivity contribution in [1.29, 1.82) is 0 Å². The molecule has 3 N–H and O–H groups in total. The van der Waals surface area contributed by atoms with Crippen LogP contribution in [0, 0.1) is 20.8 Å². The van der Waals surface area contributed by atoms with Crippen molar-refractivity contribution in [3.05, 3.63) is 41.2 Å². The van der Waals surface area contributed by atoms with Gasteiger partial charge in [0.2, 0.25) is 11.8 Å². The molecule has 1 atom stereocenters. The third-order valence-corrected chi connectivity index (χ3v) is 4.40. The Kier molecular flexibility index (Phi) is 4.48. The molecule has 2 amide bonds. The molecule has 2 heterocycles. The first-order chi connectivity index (χ1) is 11.8. The van der Waals surface area contributed by atoms with Crippen LogP contribution in [0.1, 0.15) is 23.1 Å². The van der Waals surface area contributed by atoms with E-state index in [1.54, 1.807) is 12.4 Å². The molecular formula is C18H23N5O2. The molecular weight excluding hydrogens is 318 g/mol. The van der Waals surface area contributed by atoms with Crippen LogP contribution in [-0.2, 0) is 16.1 Å². The minimum absolute atomic E-state index is 0.0220. The van der Waals surface area contributed by atoms with Gasteiger partial charge in [-0.05, 0) is 38.3 Å². The highest BCUT2D eigenvalue weighted by Gasteiger charge is 2.34. The van der Waals surface area contributed by atoms with Crippen molar-refractivity contribution >= 4 is 23.2 Å². The number of hydrogen-bond acceptors (Lipinski definition) is 4. The van der Waals surface area contributed by atoms with Gasteiger partial charge in [0, 0.05) is 18.4 Å². The van der Waals surface area contributed by atoms with E-state index in [1.165, 1.54) is 10.2 Å². The van der Waals surface area contributed by atoms with Gasteiger partial charge < -0.3 is 16.0 Å². The molecule has 25 heavy (non-hydrogen) atoms. The van der Waals surface area contributed by atoms with Crippen molar-refractivity contribution in [2.45, 2.75) is 39.8 Å². The first-order valence-electron chi connectivity index (χ1n) is 8.31. The largest absolute Gasteiger partial charge is 0.371 e. The fraction of sp³-hybridized carbons (Fsp3) is 0.389. The number of nitrogens with two attached hydrogens (primary N) is 1. The average molecular weight is 341 g/mol. The Hall–Kier alpha value is -2.83. The first-order valence-corrected chi connectivity index (χ1v) is 8.31. The number of aromatic nitrogens is 2. The molecule has 1 aromatic heterocycles. The SMILES string of the molecule is Cc1cc(C)c(N2CCC(Nc3cnn(CC(N)=O)c3)C2=O)c(C)c1. The summed E-state index contributed by atoms with van der Waals surface area (Å²) in [5, 5.41) is 7.27. The van der Waals surface area contributed by atoms with Crippen LogP contribution in [0.15, 0.2) is 24.5 Å². The number of carbonyl (C=O) groups excluding carboxylic acids is 2. The van der Waals surface area contributed by atoms with Crippen molar-refractivity contribution in [2.75, 3.05) is 16.8 Å². The monoisotopic (exact) mass is 341 g/mol. The Morgan fingerprint density at radius 3 is 2.64 bits per heavy atom. The van der Waals surface area contributed by atoms with Gasteiger partial charge in [0.15, 0.2) is 0 Å². The Bertz CT molecular complexity index is 804. The zero-order valence-electron chi connectivity index (χ0n) is 14.7. The fourth-order valence-corrected chi connectivity index (χ4v) is 3.52. The van der Waals surface area contributed by atoms with E-state index in [-0.39, 0.29) is 18.5 Å². The topological polar surface area (TPSA) is 93.2 Å². The molecule has 0 radical (unpaired) electrons. The summed E-state index contributed by atoms with van der Waals surface area (Å²) < 4.78 is 1.45. The van der Waals surface area contributed by atoms with Gasteiger partial charge in [-0.2, -0.15) is 5.10 Å². The maximum atomic E-state index is 12.8. The molecule has 0 bridgehead atoms. The summed E-state index contributed by atoms with van der Waals surface area (Å²) in [7, 11) is 0. The lowest BCUT2D eigenvalue weighted by molar-refractivity contribution is -0.119. The van der Waals surface area contributed by atoms with E-state index in [4.69, 9.17) is 5.73 Å². The second-order valence-electron chi connectivity index (χ2n) is 6.62. The lowest BCUT2D eigenvalue weighted by atomic mass is 10.0. The Morgan fingerprint density at radius 1 is 1.32 bits per heavy atom. The molecule has 7 heteroatoms. The number of carbonyl (C=O) groups is 2. The summed E-state index contributed by atoms with van der Waals surface area (Å²) in [5.74, 6) is -0.402. The molecule has 132 valence electrons. The van der Waals surface area contributed by atoms with E-state index < -0.39 is 5.91 Å². The van der Waals surface area contributed by atoms with Gasteiger partial charge >= 0.3 is 0 Å². The molecule has 1 saturated heterocycles. The molecule has 7 nitrogen and oxygen atoms in total. The van der Waals surface area contributed by atoms with Gasteiger partial charge in [0.1, 0.15) is 12.6 Å². The van der Waals surface area contributed by atoms with E-state index in [0.717, 1.165) is 16.8 Å². The summed E-state index contributed by atoms with van der Waals surface area (Å²) in [6.07, 6.45) is 4.00. The van der Waals surface area contributed by atoms with Crippen molar-refractivity contribution in [2.24, 2.45) is 5.73 Å². The van der Waals surface area contributed by atoms with E-state index in [1.807, 2.05) is 18.7 Å². The minimum atomic E-state index is -0.455. The van der Waals surface area contributed by atoms with Crippen LogP contribution in [0.5, 0.6) is 0 Å². The van der Waals surface area contributed by atoms with Crippen LogP contribution in [0.25, 0.3) is 0 Å².